The maximum Gasteiger partial charge on any atom is 0.123 e. The Hall–Kier alpha value is -0.890. The SMILES string of the molecule is CCCCCCC(NCC)c1cc(C)cc(F)c1. The molecule has 0 radical (unpaired) electrons. The van der Waals surface area contributed by atoms with Crippen LogP contribution < -0.4 is 5.32 Å². The van der Waals surface area contributed by atoms with E-state index in [1.165, 1.54) is 25.7 Å². The highest BCUT2D eigenvalue weighted by molar-refractivity contribution is 5.26. The normalized spacial score (nSPS) is 12.7. The van der Waals surface area contributed by atoms with E-state index in [2.05, 4.69) is 25.2 Å². The van der Waals surface area contributed by atoms with Gasteiger partial charge in [-0.1, -0.05) is 45.6 Å². The Morgan fingerprint density at radius 3 is 2.50 bits per heavy atom. The molecule has 1 nitrogen and oxygen atoms in total. The van der Waals surface area contributed by atoms with Crippen molar-refractivity contribution >= 4 is 0 Å². The zero-order valence-corrected chi connectivity index (χ0v) is 11.9. The lowest BCUT2D eigenvalue weighted by atomic mass is 9.98. The lowest BCUT2D eigenvalue weighted by Crippen LogP contribution is -2.21. The molecule has 0 aliphatic rings. The first-order chi connectivity index (χ1) is 8.67. The molecule has 1 atom stereocenters. The van der Waals surface area contributed by atoms with Crippen molar-refractivity contribution < 1.29 is 4.39 Å². The van der Waals surface area contributed by atoms with E-state index >= 15 is 0 Å². The fourth-order valence-electron chi connectivity index (χ4n) is 2.37. The highest BCUT2D eigenvalue weighted by atomic mass is 19.1. The molecule has 1 rings (SSSR count). The Morgan fingerprint density at radius 1 is 1.11 bits per heavy atom. The number of hydrogen-bond acceptors (Lipinski definition) is 1. The monoisotopic (exact) mass is 251 g/mol. The van der Waals surface area contributed by atoms with Crippen LogP contribution in [0, 0.1) is 12.7 Å². The van der Waals surface area contributed by atoms with Gasteiger partial charge in [0.05, 0.1) is 0 Å². The fourth-order valence-corrected chi connectivity index (χ4v) is 2.37. The third-order valence-corrected chi connectivity index (χ3v) is 3.26. The average Bonchev–Trinajstić information content (AvgIpc) is 2.32. The van der Waals surface area contributed by atoms with E-state index in [1.54, 1.807) is 12.1 Å². The van der Waals surface area contributed by atoms with E-state index in [4.69, 9.17) is 0 Å². The molecule has 18 heavy (non-hydrogen) atoms. The molecule has 1 unspecified atom stereocenters. The Bertz CT molecular complexity index is 329. The molecular weight excluding hydrogens is 225 g/mol. The van der Waals surface area contributed by atoms with Gasteiger partial charge in [-0.05, 0) is 43.1 Å². The van der Waals surface area contributed by atoms with Gasteiger partial charge in [0.1, 0.15) is 5.82 Å². The molecule has 102 valence electrons. The number of nitrogens with one attached hydrogen (secondary N) is 1. The van der Waals surface area contributed by atoms with Crippen molar-refractivity contribution in [2.24, 2.45) is 0 Å². The number of rotatable bonds is 8. The highest BCUT2D eigenvalue weighted by Crippen LogP contribution is 2.22. The largest absolute Gasteiger partial charge is 0.310 e. The first kappa shape index (κ1) is 15.2. The fraction of sp³-hybridized carbons (Fsp3) is 0.625. The summed E-state index contributed by atoms with van der Waals surface area (Å²) < 4.78 is 13.4. The quantitative estimate of drug-likeness (QED) is 0.657. The second-order valence-electron chi connectivity index (χ2n) is 5.02. The molecule has 0 heterocycles. The van der Waals surface area contributed by atoms with Gasteiger partial charge in [0.2, 0.25) is 0 Å². The van der Waals surface area contributed by atoms with Gasteiger partial charge in [-0.15, -0.1) is 0 Å². The molecule has 1 aromatic carbocycles. The second kappa shape index (κ2) is 8.25. The third-order valence-electron chi connectivity index (χ3n) is 3.26. The van der Waals surface area contributed by atoms with Crippen LogP contribution in [0.1, 0.15) is 63.1 Å². The van der Waals surface area contributed by atoms with E-state index in [9.17, 15) is 4.39 Å². The van der Waals surface area contributed by atoms with Crippen LogP contribution in [-0.4, -0.2) is 6.54 Å². The van der Waals surface area contributed by atoms with E-state index in [0.29, 0.717) is 6.04 Å². The molecule has 0 amide bonds. The molecule has 0 fully saturated rings. The van der Waals surface area contributed by atoms with Crippen molar-refractivity contribution in [2.45, 2.75) is 58.9 Å². The van der Waals surface area contributed by atoms with E-state index in [0.717, 1.165) is 24.1 Å². The van der Waals surface area contributed by atoms with Gasteiger partial charge in [-0.2, -0.15) is 0 Å². The lowest BCUT2D eigenvalue weighted by Gasteiger charge is -2.19. The Balaban J connectivity index is 2.64. The van der Waals surface area contributed by atoms with Crippen LogP contribution in [-0.2, 0) is 0 Å². The first-order valence-electron chi connectivity index (χ1n) is 7.17. The van der Waals surface area contributed by atoms with Crippen LogP contribution in [0.4, 0.5) is 4.39 Å². The summed E-state index contributed by atoms with van der Waals surface area (Å²) >= 11 is 0. The number of aryl methyl sites for hydroxylation is 1. The van der Waals surface area contributed by atoms with Crippen LogP contribution in [0.5, 0.6) is 0 Å². The number of unbranched alkanes of at least 4 members (excludes halogenated alkanes) is 3. The van der Waals surface area contributed by atoms with Crippen molar-refractivity contribution in [1.82, 2.24) is 5.32 Å². The summed E-state index contributed by atoms with van der Waals surface area (Å²) in [5.74, 6) is -0.124. The predicted molar refractivity (Wildman–Crippen MR) is 76.3 cm³/mol. The van der Waals surface area contributed by atoms with E-state index in [-0.39, 0.29) is 5.82 Å². The van der Waals surface area contributed by atoms with E-state index < -0.39 is 0 Å². The molecule has 0 saturated heterocycles. The number of benzene rings is 1. The highest BCUT2D eigenvalue weighted by Gasteiger charge is 2.11. The summed E-state index contributed by atoms with van der Waals surface area (Å²) in [6.07, 6.45) is 6.12. The zero-order valence-electron chi connectivity index (χ0n) is 11.9. The van der Waals surface area contributed by atoms with Crippen LogP contribution in [0.15, 0.2) is 18.2 Å². The van der Waals surface area contributed by atoms with Gasteiger partial charge in [0.25, 0.3) is 0 Å². The minimum Gasteiger partial charge on any atom is -0.310 e. The van der Waals surface area contributed by atoms with E-state index in [1.807, 2.05) is 6.92 Å². The van der Waals surface area contributed by atoms with Gasteiger partial charge in [-0.3, -0.25) is 0 Å². The van der Waals surface area contributed by atoms with Gasteiger partial charge in [0, 0.05) is 6.04 Å². The zero-order chi connectivity index (χ0) is 13.4. The lowest BCUT2D eigenvalue weighted by molar-refractivity contribution is 0.479. The second-order valence-corrected chi connectivity index (χ2v) is 5.02. The summed E-state index contributed by atoms with van der Waals surface area (Å²) in [5.41, 5.74) is 2.09. The standard InChI is InChI=1S/C16H26FN/c1-4-6-7-8-9-16(18-5-2)14-10-13(3)11-15(17)12-14/h10-12,16,18H,4-9H2,1-3H3. The van der Waals surface area contributed by atoms with Crippen LogP contribution >= 0.6 is 0 Å². The predicted octanol–water partition coefficient (Wildman–Crippen LogP) is 4.76. The molecule has 0 saturated carbocycles. The maximum absolute atomic E-state index is 13.4. The molecule has 1 aromatic rings. The van der Waals surface area contributed by atoms with Crippen molar-refractivity contribution in [3.8, 4) is 0 Å². The van der Waals surface area contributed by atoms with Crippen molar-refractivity contribution in [2.75, 3.05) is 6.54 Å². The van der Waals surface area contributed by atoms with Crippen LogP contribution in [0.2, 0.25) is 0 Å². The Morgan fingerprint density at radius 2 is 1.89 bits per heavy atom. The molecule has 0 aromatic heterocycles. The van der Waals surface area contributed by atoms with Gasteiger partial charge in [0.15, 0.2) is 0 Å². The molecule has 0 spiro atoms. The Labute approximate surface area is 111 Å². The van der Waals surface area contributed by atoms with Crippen molar-refractivity contribution in [3.05, 3.63) is 35.1 Å². The molecule has 0 bridgehead atoms. The van der Waals surface area contributed by atoms with Crippen molar-refractivity contribution in [1.29, 1.82) is 0 Å². The van der Waals surface area contributed by atoms with Gasteiger partial charge < -0.3 is 5.32 Å². The first-order valence-corrected chi connectivity index (χ1v) is 7.17. The summed E-state index contributed by atoms with van der Waals surface area (Å²) in [5, 5.41) is 3.46. The minimum atomic E-state index is -0.124. The molecule has 0 aliphatic carbocycles. The Kier molecular flexibility index (Phi) is 6.96. The number of halogens is 1. The summed E-state index contributed by atoms with van der Waals surface area (Å²) in [7, 11) is 0. The molecule has 2 heteroatoms. The third kappa shape index (κ3) is 5.18. The van der Waals surface area contributed by atoms with Gasteiger partial charge >= 0.3 is 0 Å². The molecule has 0 aliphatic heterocycles. The van der Waals surface area contributed by atoms with Crippen molar-refractivity contribution in [3.63, 3.8) is 0 Å². The maximum atomic E-state index is 13.4. The number of hydrogen-bond donors (Lipinski definition) is 1. The topological polar surface area (TPSA) is 12.0 Å². The summed E-state index contributed by atoms with van der Waals surface area (Å²) in [6.45, 7) is 7.20. The minimum absolute atomic E-state index is 0.124. The van der Waals surface area contributed by atoms with Crippen LogP contribution in [0.3, 0.4) is 0 Å². The van der Waals surface area contributed by atoms with Crippen LogP contribution in [0.25, 0.3) is 0 Å². The summed E-state index contributed by atoms with van der Waals surface area (Å²) in [4.78, 5) is 0. The molecular formula is C16H26FN. The summed E-state index contributed by atoms with van der Waals surface area (Å²) in [6, 6.07) is 5.64. The smallest absolute Gasteiger partial charge is 0.123 e. The molecule has 1 N–H and O–H groups in total. The van der Waals surface area contributed by atoms with Gasteiger partial charge in [-0.25, -0.2) is 4.39 Å². The average molecular weight is 251 g/mol.